The number of aromatic nitrogens is 2. The number of nitrogens with zero attached hydrogens (tertiary/aromatic N) is 1. The first-order valence-electron chi connectivity index (χ1n) is 6.90. The molecule has 0 saturated carbocycles. The van der Waals surface area contributed by atoms with Crippen LogP contribution >= 0.6 is 27.7 Å². The molecule has 0 bridgehead atoms. The lowest BCUT2D eigenvalue weighted by atomic mass is 10.2. The molecule has 1 N–H and O–H groups in total. The maximum atomic E-state index is 13.3. The number of H-pyrrole nitrogens is 1. The average molecular weight is 415 g/mol. The maximum Gasteiger partial charge on any atom is 0.175 e. The van der Waals surface area contributed by atoms with E-state index >= 15 is 0 Å². The summed E-state index contributed by atoms with van der Waals surface area (Å²) in [5.74, 6) is 0.0295. The standard InChI is InChI=1S/C16H13BrF2N2O2S/c1-22-13-4-3-8(14(17)15(13)23-2)7-24-16-20-11-5-9(18)10(19)6-12(11)21-16/h3-6H,7H2,1-2H3,(H,20,21). The molecule has 0 amide bonds. The number of nitrogens with one attached hydrogen (secondary N) is 1. The Kier molecular flexibility index (Phi) is 4.96. The molecule has 4 nitrogen and oxygen atoms in total. The molecule has 3 rings (SSSR count). The van der Waals surface area contributed by atoms with E-state index in [-0.39, 0.29) is 0 Å². The molecule has 1 aromatic heterocycles. The van der Waals surface area contributed by atoms with Crippen LogP contribution in [-0.4, -0.2) is 24.2 Å². The second-order valence-corrected chi connectivity index (χ2v) is 6.65. The second-order valence-electron chi connectivity index (χ2n) is 4.89. The Bertz CT molecular complexity index is 862. The van der Waals surface area contributed by atoms with Crippen LogP contribution in [0.2, 0.25) is 0 Å². The third-order valence-electron chi connectivity index (χ3n) is 3.43. The van der Waals surface area contributed by atoms with Gasteiger partial charge in [0.05, 0.1) is 29.7 Å². The van der Waals surface area contributed by atoms with Crippen LogP contribution in [0.15, 0.2) is 33.9 Å². The molecule has 0 aliphatic carbocycles. The zero-order chi connectivity index (χ0) is 17.3. The molecular formula is C16H13BrF2N2O2S. The third-order valence-corrected chi connectivity index (χ3v) is 5.22. The minimum Gasteiger partial charge on any atom is -0.493 e. The largest absolute Gasteiger partial charge is 0.493 e. The van der Waals surface area contributed by atoms with Crippen molar-refractivity contribution in [1.82, 2.24) is 9.97 Å². The molecule has 0 aliphatic rings. The molecule has 0 saturated heterocycles. The summed E-state index contributed by atoms with van der Waals surface area (Å²) in [6, 6.07) is 5.93. The van der Waals surface area contributed by atoms with Crippen molar-refractivity contribution < 1.29 is 18.3 Å². The molecule has 0 spiro atoms. The van der Waals surface area contributed by atoms with Gasteiger partial charge in [0.2, 0.25) is 0 Å². The molecule has 0 unspecified atom stereocenters. The molecule has 2 aromatic carbocycles. The van der Waals surface area contributed by atoms with Crippen molar-refractivity contribution in [2.75, 3.05) is 14.2 Å². The molecular weight excluding hydrogens is 402 g/mol. The number of aromatic amines is 1. The van der Waals surface area contributed by atoms with Crippen molar-refractivity contribution in [2.45, 2.75) is 10.9 Å². The first-order valence-corrected chi connectivity index (χ1v) is 8.68. The molecule has 24 heavy (non-hydrogen) atoms. The summed E-state index contributed by atoms with van der Waals surface area (Å²) in [6.45, 7) is 0. The molecule has 0 atom stereocenters. The summed E-state index contributed by atoms with van der Waals surface area (Å²) in [7, 11) is 3.15. The van der Waals surface area contributed by atoms with Gasteiger partial charge in [-0.1, -0.05) is 17.8 Å². The zero-order valence-electron chi connectivity index (χ0n) is 12.8. The van der Waals surface area contributed by atoms with E-state index < -0.39 is 11.6 Å². The summed E-state index contributed by atoms with van der Waals surface area (Å²) < 4.78 is 37.9. The van der Waals surface area contributed by atoms with Gasteiger partial charge in [0.25, 0.3) is 0 Å². The number of halogens is 3. The predicted molar refractivity (Wildman–Crippen MR) is 92.8 cm³/mol. The van der Waals surface area contributed by atoms with E-state index in [1.165, 1.54) is 11.8 Å². The smallest absolute Gasteiger partial charge is 0.175 e. The molecule has 8 heteroatoms. The first kappa shape index (κ1) is 17.0. The van der Waals surface area contributed by atoms with Crippen LogP contribution in [-0.2, 0) is 5.75 Å². The zero-order valence-corrected chi connectivity index (χ0v) is 15.2. The fraction of sp³-hybridized carbons (Fsp3) is 0.188. The van der Waals surface area contributed by atoms with Crippen LogP contribution in [0.4, 0.5) is 8.78 Å². The van der Waals surface area contributed by atoms with Gasteiger partial charge in [-0.05, 0) is 27.6 Å². The fourth-order valence-electron chi connectivity index (χ4n) is 2.24. The van der Waals surface area contributed by atoms with Crippen LogP contribution in [0.5, 0.6) is 11.5 Å². The SMILES string of the molecule is COc1ccc(CSc2nc3cc(F)c(F)cc3[nH]2)c(Br)c1OC. The van der Waals surface area contributed by atoms with Crippen LogP contribution in [0, 0.1) is 11.6 Å². The van der Waals surface area contributed by atoms with E-state index in [2.05, 4.69) is 25.9 Å². The maximum absolute atomic E-state index is 13.3. The summed E-state index contributed by atoms with van der Waals surface area (Å²) in [5.41, 5.74) is 1.83. The molecule has 0 aliphatic heterocycles. The number of imidazole rings is 1. The van der Waals surface area contributed by atoms with Crippen molar-refractivity contribution in [3.05, 3.63) is 45.9 Å². The highest BCUT2D eigenvalue weighted by Crippen LogP contribution is 2.39. The van der Waals surface area contributed by atoms with Gasteiger partial charge in [0.15, 0.2) is 28.3 Å². The first-order chi connectivity index (χ1) is 11.5. The number of rotatable bonds is 5. The van der Waals surface area contributed by atoms with E-state index in [0.29, 0.717) is 33.4 Å². The molecule has 0 fully saturated rings. The molecule has 3 aromatic rings. The number of hydrogen-bond acceptors (Lipinski definition) is 4. The summed E-state index contributed by atoms with van der Waals surface area (Å²) in [5, 5.41) is 0.580. The van der Waals surface area contributed by atoms with E-state index in [1.54, 1.807) is 14.2 Å². The lowest BCUT2D eigenvalue weighted by molar-refractivity contribution is 0.353. The van der Waals surface area contributed by atoms with Crippen molar-refractivity contribution in [2.24, 2.45) is 0 Å². The van der Waals surface area contributed by atoms with Crippen molar-refractivity contribution >= 4 is 38.7 Å². The molecule has 0 radical (unpaired) electrons. The summed E-state index contributed by atoms with van der Waals surface area (Å²) in [6.07, 6.45) is 0. The van der Waals surface area contributed by atoms with Gasteiger partial charge in [-0.15, -0.1) is 0 Å². The highest BCUT2D eigenvalue weighted by atomic mass is 79.9. The number of fused-ring (bicyclic) bond motifs is 1. The Morgan fingerprint density at radius 1 is 1.17 bits per heavy atom. The number of ether oxygens (including phenoxy) is 2. The topological polar surface area (TPSA) is 47.1 Å². The average Bonchev–Trinajstić information content (AvgIpc) is 2.95. The van der Waals surface area contributed by atoms with Gasteiger partial charge in [0.1, 0.15) is 0 Å². The van der Waals surface area contributed by atoms with Crippen molar-refractivity contribution in [3.63, 3.8) is 0 Å². The lowest BCUT2D eigenvalue weighted by Gasteiger charge is -2.12. The van der Waals surface area contributed by atoms with Crippen LogP contribution < -0.4 is 9.47 Å². The Labute approximate surface area is 149 Å². The Morgan fingerprint density at radius 3 is 2.62 bits per heavy atom. The number of methoxy groups -OCH3 is 2. The fourth-order valence-corrected chi connectivity index (χ4v) is 3.93. The van der Waals surface area contributed by atoms with Crippen molar-refractivity contribution in [1.29, 1.82) is 0 Å². The van der Waals surface area contributed by atoms with Crippen LogP contribution in [0.3, 0.4) is 0 Å². The quantitative estimate of drug-likeness (QED) is 0.602. The number of hydrogen-bond donors (Lipinski definition) is 1. The van der Waals surface area contributed by atoms with Gasteiger partial charge >= 0.3 is 0 Å². The van der Waals surface area contributed by atoms with Crippen LogP contribution in [0.25, 0.3) is 11.0 Å². The molecule has 1 heterocycles. The number of benzene rings is 2. The van der Waals surface area contributed by atoms with Gasteiger partial charge in [-0.2, -0.15) is 0 Å². The van der Waals surface area contributed by atoms with E-state index in [0.717, 1.165) is 22.2 Å². The Balaban J connectivity index is 1.83. The third kappa shape index (κ3) is 3.21. The number of thioether (sulfide) groups is 1. The highest BCUT2D eigenvalue weighted by molar-refractivity contribution is 9.10. The van der Waals surface area contributed by atoms with Gasteiger partial charge in [-0.3, -0.25) is 0 Å². The van der Waals surface area contributed by atoms with Crippen LogP contribution in [0.1, 0.15) is 5.56 Å². The van der Waals surface area contributed by atoms with Gasteiger partial charge in [0, 0.05) is 17.9 Å². The second kappa shape index (κ2) is 6.98. The van der Waals surface area contributed by atoms with E-state index in [1.807, 2.05) is 12.1 Å². The van der Waals surface area contributed by atoms with E-state index in [9.17, 15) is 8.78 Å². The Hall–Kier alpha value is -1.80. The molecule has 126 valence electrons. The minimum absolute atomic E-state index is 0.391. The van der Waals surface area contributed by atoms with E-state index in [4.69, 9.17) is 9.47 Å². The summed E-state index contributed by atoms with van der Waals surface area (Å²) in [4.78, 5) is 7.24. The lowest BCUT2D eigenvalue weighted by Crippen LogP contribution is -1.94. The summed E-state index contributed by atoms with van der Waals surface area (Å²) >= 11 is 4.93. The minimum atomic E-state index is -0.909. The highest BCUT2D eigenvalue weighted by Gasteiger charge is 2.14. The Morgan fingerprint density at radius 2 is 1.92 bits per heavy atom. The normalized spacial score (nSPS) is 11.0. The van der Waals surface area contributed by atoms with Gasteiger partial charge < -0.3 is 14.5 Å². The van der Waals surface area contributed by atoms with Crippen molar-refractivity contribution in [3.8, 4) is 11.5 Å². The van der Waals surface area contributed by atoms with Gasteiger partial charge in [-0.25, -0.2) is 13.8 Å². The predicted octanol–water partition coefficient (Wildman–Crippen LogP) is 4.91. The monoisotopic (exact) mass is 414 g/mol.